The highest BCUT2D eigenvalue weighted by Gasteiger charge is 2.37. The number of thiophene rings is 1. The van der Waals surface area contributed by atoms with Crippen LogP contribution in [0.5, 0.6) is 0 Å². The summed E-state index contributed by atoms with van der Waals surface area (Å²) in [6.07, 6.45) is 3.42. The molecule has 25 heavy (non-hydrogen) atoms. The highest BCUT2D eigenvalue weighted by Crippen LogP contribution is 2.31. The van der Waals surface area contributed by atoms with E-state index < -0.39 is 0 Å². The van der Waals surface area contributed by atoms with E-state index in [0.717, 1.165) is 23.3 Å². The van der Waals surface area contributed by atoms with Gasteiger partial charge in [0.15, 0.2) is 5.17 Å². The molecule has 0 saturated carbocycles. The molecule has 2 aromatic rings. The quantitative estimate of drug-likeness (QED) is 0.550. The molecule has 1 aromatic carbocycles. The molecular weight excluding hydrogens is 357 g/mol. The van der Waals surface area contributed by atoms with Gasteiger partial charge in [0.1, 0.15) is 5.82 Å². The summed E-state index contributed by atoms with van der Waals surface area (Å²) in [5.41, 5.74) is 0.863. The van der Waals surface area contributed by atoms with Crippen molar-refractivity contribution >= 4 is 40.4 Å². The predicted octanol–water partition coefficient (Wildman–Crippen LogP) is 4.52. The molecule has 0 aliphatic carbocycles. The molecule has 1 saturated heterocycles. The molecule has 0 spiro atoms. The first-order valence-electron chi connectivity index (χ1n) is 8.04. The number of hydrogen-bond acceptors (Lipinski definition) is 5. The lowest BCUT2D eigenvalue weighted by Crippen LogP contribution is -2.31. The molecule has 1 aliphatic heterocycles. The number of halogens is 1. The molecule has 130 valence electrons. The Bertz CT molecular complexity index is 772. The normalized spacial score (nSPS) is 19.4. The minimum atomic E-state index is -0.288. The smallest absolute Gasteiger partial charge is 0.242 e. The molecule has 0 radical (unpaired) electrons. The van der Waals surface area contributed by atoms with Crippen LogP contribution in [0.25, 0.3) is 0 Å². The minimum Gasteiger partial charge on any atom is -0.284 e. The molecule has 4 nitrogen and oxygen atoms in total. The number of carbonyl (C=O) groups excluding carboxylic acids is 1. The van der Waals surface area contributed by atoms with Crippen LogP contribution in [0.2, 0.25) is 0 Å². The molecule has 1 aliphatic rings. The molecule has 0 bridgehead atoms. The van der Waals surface area contributed by atoms with Gasteiger partial charge in [-0.05, 0) is 35.6 Å². The second kappa shape index (κ2) is 8.40. The number of nitrogens with zero attached hydrogens (tertiary/aromatic N) is 3. The highest BCUT2D eigenvalue weighted by molar-refractivity contribution is 8.15. The van der Waals surface area contributed by atoms with Crippen LogP contribution in [0.3, 0.4) is 0 Å². The van der Waals surface area contributed by atoms with E-state index >= 15 is 0 Å². The van der Waals surface area contributed by atoms with Crippen molar-refractivity contribution in [2.24, 2.45) is 10.2 Å². The summed E-state index contributed by atoms with van der Waals surface area (Å²) >= 11 is 3.03. The van der Waals surface area contributed by atoms with Crippen LogP contribution < -0.4 is 0 Å². The van der Waals surface area contributed by atoms with E-state index in [1.165, 1.54) is 23.9 Å². The minimum absolute atomic E-state index is 0.0428. The number of rotatable bonds is 6. The fourth-order valence-electron chi connectivity index (χ4n) is 2.45. The number of benzene rings is 1. The fraction of sp³-hybridized carbons (Fsp3) is 0.278. The van der Waals surface area contributed by atoms with Gasteiger partial charge >= 0.3 is 0 Å². The van der Waals surface area contributed by atoms with Crippen LogP contribution in [-0.4, -0.2) is 27.4 Å². The van der Waals surface area contributed by atoms with Gasteiger partial charge in [-0.2, -0.15) is 5.10 Å². The predicted molar refractivity (Wildman–Crippen MR) is 103 cm³/mol. The lowest BCUT2D eigenvalue weighted by Gasteiger charge is -2.15. The van der Waals surface area contributed by atoms with E-state index in [1.54, 1.807) is 34.6 Å². The van der Waals surface area contributed by atoms with Gasteiger partial charge in [-0.15, -0.1) is 16.4 Å². The van der Waals surface area contributed by atoms with E-state index in [4.69, 9.17) is 0 Å². The van der Waals surface area contributed by atoms with E-state index in [2.05, 4.69) is 17.1 Å². The summed E-state index contributed by atoms with van der Waals surface area (Å²) in [5.74, 6) is -0.245. The Morgan fingerprint density at radius 3 is 2.76 bits per heavy atom. The third-order valence-corrected chi connectivity index (χ3v) is 5.74. The van der Waals surface area contributed by atoms with Gasteiger partial charge in [0.2, 0.25) is 5.91 Å². The Balaban J connectivity index is 1.79. The second-order valence-corrected chi connectivity index (χ2v) is 7.74. The first-order chi connectivity index (χ1) is 12.2. The zero-order valence-corrected chi connectivity index (χ0v) is 15.4. The SMILES string of the molecule is CCC[C@H]1S/C(=N/N=C\c2cccs2)N(Cc2ccc(F)cc2)C1=O. The van der Waals surface area contributed by atoms with Gasteiger partial charge in [0.25, 0.3) is 0 Å². The zero-order valence-electron chi connectivity index (χ0n) is 13.8. The van der Waals surface area contributed by atoms with Crippen LogP contribution in [0.1, 0.15) is 30.2 Å². The number of thioether (sulfide) groups is 1. The summed E-state index contributed by atoms with van der Waals surface area (Å²) in [7, 11) is 0. The molecule has 0 unspecified atom stereocenters. The molecule has 2 heterocycles. The molecule has 0 N–H and O–H groups in total. The van der Waals surface area contributed by atoms with Crippen molar-refractivity contribution in [1.29, 1.82) is 0 Å². The molecule has 3 rings (SSSR count). The molecule has 1 atom stereocenters. The average molecular weight is 375 g/mol. The summed E-state index contributed by atoms with van der Waals surface area (Å²) in [4.78, 5) is 15.3. The van der Waals surface area contributed by atoms with Crippen molar-refractivity contribution < 1.29 is 9.18 Å². The number of hydrogen-bond donors (Lipinski definition) is 0. The summed E-state index contributed by atoms with van der Waals surface area (Å²) in [6, 6.07) is 10.1. The third-order valence-electron chi connectivity index (χ3n) is 3.70. The third kappa shape index (κ3) is 4.55. The first-order valence-corrected chi connectivity index (χ1v) is 9.80. The zero-order chi connectivity index (χ0) is 17.6. The van der Waals surface area contributed by atoms with Gasteiger partial charge in [0, 0.05) is 4.88 Å². The van der Waals surface area contributed by atoms with Crippen LogP contribution in [-0.2, 0) is 11.3 Å². The maximum absolute atomic E-state index is 13.1. The van der Waals surface area contributed by atoms with Crippen LogP contribution in [0.15, 0.2) is 52.0 Å². The monoisotopic (exact) mass is 375 g/mol. The Morgan fingerprint density at radius 1 is 1.28 bits per heavy atom. The van der Waals surface area contributed by atoms with Crippen LogP contribution in [0.4, 0.5) is 4.39 Å². The van der Waals surface area contributed by atoms with Crippen LogP contribution in [0, 0.1) is 5.82 Å². The lowest BCUT2D eigenvalue weighted by atomic mass is 10.2. The molecule has 1 aromatic heterocycles. The maximum atomic E-state index is 13.1. The van der Waals surface area contributed by atoms with Crippen molar-refractivity contribution in [1.82, 2.24) is 4.90 Å². The van der Waals surface area contributed by atoms with E-state index in [1.807, 2.05) is 17.5 Å². The number of amides is 1. The number of amidine groups is 1. The van der Waals surface area contributed by atoms with Crippen molar-refractivity contribution in [3.8, 4) is 0 Å². The Kier molecular flexibility index (Phi) is 5.99. The maximum Gasteiger partial charge on any atom is 0.242 e. The Morgan fingerprint density at radius 2 is 2.08 bits per heavy atom. The summed E-state index contributed by atoms with van der Waals surface area (Å²) in [6.45, 7) is 2.43. The lowest BCUT2D eigenvalue weighted by molar-refractivity contribution is -0.126. The van der Waals surface area contributed by atoms with Crippen molar-refractivity contribution in [2.45, 2.75) is 31.6 Å². The topological polar surface area (TPSA) is 45.0 Å². The summed E-state index contributed by atoms with van der Waals surface area (Å²) in [5, 5.41) is 10.8. The van der Waals surface area contributed by atoms with Crippen molar-refractivity contribution in [3.05, 3.63) is 58.0 Å². The molecule has 1 amide bonds. The van der Waals surface area contributed by atoms with Gasteiger partial charge in [-0.25, -0.2) is 4.39 Å². The average Bonchev–Trinajstić information content (AvgIpc) is 3.21. The van der Waals surface area contributed by atoms with E-state index in [0.29, 0.717) is 11.7 Å². The van der Waals surface area contributed by atoms with Crippen molar-refractivity contribution in [2.75, 3.05) is 0 Å². The second-order valence-electron chi connectivity index (χ2n) is 5.59. The van der Waals surface area contributed by atoms with Crippen LogP contribution >= 0.6 is 23.1 Å². The van der Waals surface area contributed by atoms with Gasteiger partial charge < -0.3 is 0 Å². The molecular formula is C18H18FN3OS2. The Labute approximate surface area is 154 Å². The Hall–Kier alpha value is -1.99. The van der Waals surface area contributed by atoms with Gasteiger partial charge in [-0.1, -0.05) is 43.3 Å². The summed E-state index contributed by atoms with van der Waals surface area (Å²) < 4.78 is 13.1. The molecule has 7 heteroatoms. The van der Waals surface area contributed by atoms with Gasteiger partial charge in [0.05, 0.1) is 18.0 Å². The standard InChI is InChI=1S/C18H18FN3OS2/c1-2-4-16-17(23)22(12-13-6-8-14(19)9-7-13)18(25-16)21-20-11-15-5-3-10-24-15/h3,5-11,16H,2,4,12H2,1H3/b20-11-,21-18+/t16-/m1/s1. The number of carbonyl (C=O) groups is 1. The first kappa shape index (κ1) is 17.8. The van der Waals surface area contributed by atoms with Gasteiger partial charge in [-0.3, -0.25) is 9.69 Å². The highest BCUT2D eigenvalue weighted by atomic mass is 32.2. The molecule has 1 fully saturated rings. The fourth-order valence-corrected chi connectivity index (χ4v) is 4.24. The van der Waals surface area contributed by atoms with Crippen molar-refractivity contribution in [3.63, 3.8) is 0 Å². The largest absolute Gasteiger partial charge is 0.284 e. The van der Waals surface area contributed by atoms with E-state index in [-0.39, 0.29) is 17.0 Å². The van der Waals surface area contributed by atoms with E-state index in [9.17, 15) is 9.18 Å².